The van der Waals surface area contributed by atoms with Crippen LogP contribution in [0.3, 0.4) is 0 Å². The van der Waals surface area contributed by atoms with Crippen molar-refractivity contribution in [3.63, 3.8) is 0 Å². The molecular weight excluding hydrogens is 492 g/mol. The number of piperidine rings is 1. The Hall–Kier alpha value is -2.20. The molecule has 4 rings (SSSR count). The molecule has 1 aromatic heterocycles. The first kappa shape index (κ1) is 23.9. The van der Waals surface area contributed by atoms with Crippen LogP contribution in [0.5, 0.6) is 0 Å². The van der Waals surface area contributed by atoms with Gasteiger partial charge >= 0.3 is 0 Å². The highest BCUT2D eigenvalue weighted by molar-refractivity contribution is 9.10. The fraction of sp³-hybridized carbons (Fsp3) is 0.417. The molecule has 1 fully saturated rings. The average molecular weight is 520 g/mol. The van der Waals surface area contributed by atoms with Gasteiger partial charge in [0.1, 0.15) is 29.9 Å². The zero-order valence-corrected chi connectivity index (χ0v) is 20.1. The van der Waals surface area contributed by atoms with Crippen molar-refractivity contribution in [2.45, 2.75) is 30.9 Å². The van der Waals surface area contributed by atoms with Crippen molar-refractivity contribution in [1.29, 1.82) is 0 Å². The van der Waals surface area contributed by atoms with Gasteiger partial charge in [-0.15, -0.1) is 0 Å². The summed E-state index contributed by atoms with van der Waals surface area (Å²) in [5.74, 6) is -0.917. The summed E-state index contributed by atoms with van der Waals surface area (Å²) in [6, 6.07) is 11.8. The molecule has 0 spiro atoms. The van der Waals surface area contributed by atoms with Crippen LogP contribution in [0, 0.1) is 11.6 Å². The fourth-order valence-corrected chi connectivity index (χ4v) is 4.91. The summed E-state index contributed by atoms with van der Waals surface area (Å²) in [4.78, 5) is 8.22. The van der Waals surface area contributed by atoms with Gasteiger partial charge in [0.15, 0.2) is 0 Å². The van der Waals surface area contributed by atoms with Gasteiger partial charge in [-0.3, -0.25) is 9.80 Å². The lowest BCUT2D eigenvalue weighted by Gasteiger charge is -2.38. The van der Waals surface area contributed by atoms with Gasteiger partial charge in [0, 0.05) is 22.6 Å². The Bertz CT molecular complexity index is 1040. The Morgan fingerprint density at radius 2 is 1.88 bits per heavy atom. The monoisotopic (exact) mass is 519 g/mol. The van der Waals surface area contributed by atoms with Gasteiger partial charge in [0.05, 0.1) is 13.2 Å². The number of aromatic nitrogens is 3. The van der Waals surface area contributed by atoms with Crippen molar-refractivity contribution >= 4 is 15.9 Å². The van der Waals surface area contributed by atoms with Crippen LogP contribution >= 0.6 is 15.9 Å². The normalized spacial score (nSPS) is 17.4. The predicted molar refractivity (Wildman–Crippen MR) is 125 cm³/mol. The maximum atomic E-state index is 14.6. The van der Waals surface area contributed by atoms with Crippen molar-refractivity contribution in [1.82, 2.24) is 24.6 Å². The van der Waals surface area contributed by atoms with E-state index < -0.39 is 17.2 Å². The quantitative estimate of drug-likeness (QED) is 0.487. The smallest absolute Gasteiger partial charge is 0.137 e. The van der Waals surface area contributed by atoms with Crippen LogP contribution in [-0.4, -0.2) is 63.0 Å². The molecule has 2 heterocycles. The largest absolute Gasteiger partial charge is 0.382 e. The molecule has 0 amide bonds. The van der Waals surface area contributed by atoms with E-state index >= 15 is 0 Å². The summed E-state index contributed by atoms with van der Waals surface area (Å²) in [6.07, 6.45) is 4.95. The Balaban J connectivity index is 1.41. The average Bonchev–Trinajstić information content (AvgIpc) is 3.27. The number of likely N-dealkylation sites (N-methyl/N-ethyl adjacent to an activating group) is 1. The molecule has 2 aromatic carbocycles. The number of rotatable bonds is 8. The molecule has 0 aliphatic carbocycles. The summed E-state index contributed by atoms with van der Waals surface area (Å²) in [6.45, 7) is 2.68. The van der Waals surface area contributed by atoms with Crippen LogP contribution in [0.15, 0.2) is 59.6 Å². The van der Waals surface area contributed by atoms with Crippen molar-refractivity contribution in [3.05, 3.63) is 82.4 Å². The molecule has 1 unspecified atom stereocenters. The van der Waals surface area contributed by atoms with Crippen molar-refractivity contribution < 1.29 is 13.9 Å². The molecule has 0 bridgehead atoms. The first-order chi connectivity index (χ1) is 15.8. The molecule has 1 saturated heterocycles. The Labute approximate surface area is 201 Å². The van der Waals surface area contributed by atoms with Crippen LogP contribution in [0.2, 0.25) is 0 Å². The zero-order chi connectivity index (χ0) is 23.4. The van der Waals surface area contributed by atoms with E-state index in [0.717, 1.165) is 42.5 Å². The molecule has 1 aliphatic rings. The number of halogens is 3. The second-order valence-electron chi connectivity index (χ2n) is 8.85. The second kappa shape index (κ2) is 10.4. The van der Waals surface area contributed by atoms with E-state index in [-0.39, 0.29) is 18.7 Å². The molecule has 1 atom stereocenters. The maximum absolute atomic E-state index is 14.6. The van der Waals surface area contributed by atoms with Gasteiger partial charge < -0.3 is 5.11 Å². The predicted octanol–water partition coefficient (Wildman–Crippen LogP) is 3.98. The van der Waals surface area contributed by atoms with Crippen LogP contribution in [0.25, 0.3) is 0 Å². The lowest BCUT2D eigenvalue weighted by Crippen LogP contribution is -2.48. The van der Waals surface area contributed by atoms with Crippen molar-refractivity contribution in [3.8, 4) is 0 Å². The highest BCUT2D eigenvalue weighted by atomic mass is 79.9. The lowest BCUT2D eigenvalue weighted by molar-refractivity contribution is -0.0285. The van der Waals surface area contributed by atoms with E-state index in [1.165, 1.54) is 29.0 Å². The molecule has 33 heavy (non-hydrogen) atoms. The highest BCUT2D eigenvalue weighted by Crippen LogP contribution is 2.30. The zero-order valence-electron chi connectivity index (χ0n) is 18.5. The summed E-state index contributed by atoms with van der Waals surface area (Å²) in [7, 11) is 1.90. The van der Waals surface area contributed by atoms with Crippen LogP contribution in [0.4, 0.5) is 8.78 Å². The molecule has 9 heteroatoms. The van der Waals surface area contributed by atoms with Crippen LogP contribution < -0.4 is 0 Å². The summed E-state index contributed by atoms with van der Waals surface area (Å²) in [5.41, 5.74) is -0.198. The third-order valence-corrected chi connectivity index (χ3v) is 6.75. The summed E-state index contributed by atoms with van der Waals surface area (Å²) >= 11 is 3.49. The minimum absolute atomic E-state index is 0.00549. The highest BCUT2D eigenvalue weighted by Gasteiger charge is 2.35. The van der Waals surface area contributed by atoms with Gasteiger partial charge in [0.25, 0.3) is 0 Å². The van der Waals surface area contributed by atoms with E-state index in [2.05, 4.69) is 55.2 Å². The third kappa shape index (κ3) is 6.03. The SMILES string of the molecule is CN(CN1CCC(c2ccc(Br)cc2)CC1)CC(O)(Cn1cncn1)c1ccc(F)cc1F. The molecule has 1 aliphatic heterocycles. The van der Waals surface area contributed by atoms with Gasteiger partial charge in [0.2, 0.25) is 0 Å². The molecule has 0 saturated carbocycles. The van der Waals surface area contributed by atoms with Crippen LogP contribution in [0.1, 0.15) is 29.9 Å². The summed E-state index contributed by atoms with van der Waals surface area (Å²) in [5, 5.41) is 15.6. The van der Waals surface area contributed by atoms with E-state index in [1.807, 2.05) is 11.9 Å². The number of nitrogens with zero attached hydrogens (tertiary/aromatic N) is 5. The van der Waals surface area contributed by atoms with Crippen molar-refractivity contribution in [2.75, 3.05) is 33.4 Å². The maximum Gasteiger partial charge on any atom is 0.137 e. The number of aliphatic hydroxyl groups is 1. The fourth-order valence-electron chi connectivity index (χ4n) is 4.65. The van der Waals surface area contributed by atoms with Gasteiger partial charge in [-0.2, -0.15) is 5.10 Å². The Morgan fingerprint density at radius 1 is 1.15 bits per heavy atom. The standard InChI is InChI=1S/C24H28BrF2N5O/c1-30(17-31-10-8-19(9-11-31)18-2-4-20(25)5-3-18)13-24(33,14-32-16-28-15-29-32)22-7-6-21(26)12-23(22)27/h2-7,12,15-16,19,33H,8-11,13-14,17H2,1H3. The second-order valence-corrected chi connectivity index (χ2v) is 9.76. The van der Waals surface area contributed by atoms with E-state index in [4.69, 9.17) is 0 Å². The minimum atomic E-state index is -1.60. The van der Waals surface area contributed by atoms with E-state index in [9.17, 15) is 13.9 Å². The Kier molecular flexibility index (Phi) is 7.53. The number of hydrogen-bond donors (Lipinski definition) is 1. The van der Waals surface area contributed by atoms with Gasteiger partial charge in [-0.05, 0) is 62.7 Å². The molecule has 1 N–H and O–H groups in total. The molecule has 3 aromatic rings. The summed E-state index contributed by atoms with van der Waals surface area (Å²) < 4.78 is 30.7. The minimum Gasteiger partial charge on any atom is -0.382 e. The van der Waals surface area contributed by atoms with E-state index in [1.54, 1.807) is 0 Å². The number of benzene rings is 2. The Morgan fingerprint density at radius 3 is 2.52 bits per heavy atom. The number of hydrogen-bond acceptors (Lipinski definition) is 5. The van der Waals surface area contributed by atoms with Gasteiger partial charge in [-0.1, -0.05) is 34.1 Å². The lowest BCUT2D eigenvalue weighted by atomic mass is 9.89. The number of likely N-dealkylation sites (tertiary alicyclic amines) is 1. The van der Waals surface area contributed by atoms with E-state index in [0.29, 0.717) is 12.6 Å². The molecular formula is C24H28BrF2N5O. The molecule has 6 nitrogen and oxygen atoms in total. The molecule has 0 radical (unpaired) electrons. The van der Waals surface area contributed by atoms with Gasteiger partial charge in [-0.25, -0.2) is 18.4 Å². The topological polar surface area (TPSA) is 57.4 Å². The first-order valence-electron chi connectivity index (χ1n) is 11.0. The van der Waals surface area contributed by atoms with Crippen LogP contribution in [-0.2, 0) is 12.1 Å². The van der Waals surface area contributed by atoms with Crippen molar-refractivity contribution in [2.24, 2.45) is 0 Å². The first-order valence-corrected chi connectivity index (χ1v) is 11.8. The third-order valence-electron chi connectivity index (χ3n) is 6.22. The molecule has 176 valence electrons.